The third-order valence-electron chi connectivity index (χ3n) is 3.40. The second kappa shape index (κ2) is 8.62. The Hall–Kier alpha value is -2.95. The third kappa shape index (κ3) is 4.78. The number of esters is 1. The van der Waals surface area contributed by atoms with Crippen molar-refractivity contribution in [1.29, 1.82) is 0 Å². The van der Waals surface area contributed by atoms with Crippen LogP contribution in [0.25, 0.3) is 0 Å². The molecule has 0 saturated carbocycles. The fourth-order valence-electron chi connectivity index (χ4n) is 2.19. The van der Waals surface area contributed by atoms with Gasteiger partial charge >= 0.3 is 5.97 Å². The first-order valence-corrected chi connectivity index (χ1v) is 7.72. The Morgan fingerprint density at radius 1 is 0.917 bits per heavy atom. The number of carbonyl (C=O) groups excluding carboxylic acids is 3. The van der Waals surface area contributed by atoms with Crippen LogP contribution in [0.1, 0.15) is 34.1 Å². The van der Waals surface area contributed by atoms with E-state index in [9.17, 15) is 14.4 Å². The molecule has 1 amide bonds. The Labute approximate surface area is 140 Å². The Balaban J connectivity index is 2.11. The van der Waals surface area contributed by atoms with Gasteiger partial charge in [-0.1, -0.05) is 48.5 Å². The van der Waals surface area contributed by atoms with Gasteiger partial charge < -0.3 is 10.1 Å². The van der Waals surface area contributed by atoms with E-state index in [0.717, 1.165) is 0 Å². The number of ether oxygens (including phenoxy) is 1. The van der Waals surface area contributed by atoms with Gasteiger partial charge in [-0.15, -0.1) is 0 Å². The van der Waals surface area contributed by atoms with Crippen molar-refractivity contribution in [3.05, 3.63) is 71.8 Å². The molecule has 0 spiro atoms. The summed E-state index contributed by atoms with van der Waals surface area (Å²) in [4.78, 5) is 36.7. The molecule has 124 valence electrons. The Morgan fingerprint density at radius 2 is 1.46 bits per heavy atom. The van der Waals surface area contributed by atoms with Gasteiger partial charge in [-0.25, -0.2) is 4.79 Å². The van der Waals surface area contributed by atoms with Crippen molar-refractivity contribution >= 4 is 17.7 Å². The lowest BCUT2D eigenvalue weighted by atomic mass is 10.0. The molecule has 0 aliphatic rings. The van der Waals surface area contributed by atoms with Crippen molar-refractivity contribution < 1.29 is 19.1 Å². The maximum Gasteiger partial charge on any atom is 0.329 e. The van der Waals surface area contributed by atoms with Crippen LogP contribution in [0.3, 0.4) is 0 Å². The van der Waals surface area contributed by atoms with Crippen molar-refractivity contribution in [3.63, 3.8) is 0 Å². The van der Waals surface area contributed by atoms with Gasteiger partial charge in [0.1, 0.15) is 6.04 Å². The normalized spacial score (nSPS) is 11.4. The van der Waals surface area contributed by atoms with Crippen LogP contribution in [0.2, 0.25) is 0 Å². The molecule has 0 saturated heterocycles. The van der Waals surface area contributed by atoms with Gasteiger partial charge in [0.25, 0.3) is 5.91 Å². The fraction of sp³-hybridized carbons (Fsp3) is 0.211. The van der Waals surface area contributed by atoms with Crippen LogP contribution in [0.4, 0.5) is 0 Å². The lowest BCUT2D eigenvalue weighted by Crippen LogP contribution is -2.43. The minimum absolute atomic E-state index is 0.151. The largest absolute Gasteiger partial charge is 0.464 e. The van der Waals surface area contributed by atoms with E-state index in [1.54, 1.807) is 67.6 Å². The number of hydrogen-bond acceptors (Lipinski definition) is 4. The number of benzene rings is 2. The molecule has 2 aromatic carbocycles. The molecule has 1 unspecified atom stereocenters. The summed E-state index contributed by atoms with van der Waals surface area (Å²) >= 11 is 0. The summed E-state index contributed by atoms with van der Waals surface area (Å²) in [6.45, 7) is 1.85. The average molecular weight is 325 g/mol. The zero-order valence-electron chi connectivity index (χ0n) is 13.4. The summed E-state index contributed by atoms with van der Waals surface area (Å²) in [5.41, 5.74) is 0.903. The van der Waals surface area contributed by atoms with E-state index in [4.69, 9.17) is 4.74 Å². The molecule has 5 nitrogen and oxygen atoms in total. The molecule has 0 fully saturated rings. The molecule has 0 aromatic heterocycles. The summed E-state index contributed by atoms with van der Waals surface area (Å²) in [5, 5.41) is 2.58. The lowest BCUT2D eigenvalue weighted by Gasteiger charge is -2.17. The molecule has 1 N–H and O–H groups in total. The fourth-order valence-corrected chi connectivity index (χ4v) is 2.19. The van der Waals surface area contributed by atoms with Gasteiger partial charge in [-0.3, -0.25) is 9.59 Å². The molecule has 0 aliphatic carbocycles. The number of amides is 1. The van der Waals surface area contributed by atoms with Gasteiger partial charge in [0.15, 0.2) is 5.78 Å². The third-order valence-corrected chi connectivity index (χ3v) is 3.40. The van der Waals surface area contributed by atoms with E-state index >= 15 is 0 Å². The van der Waals surface area contributed by atoms with Gasteiger partial charge in [0.05, 0.1) is 6.61 Å². The van der Waals surface area contributed by atoms with Crippen LogP contribution >= 0.6 is 0 Å². The zero-order chi connectivity index (χ0) is 17.4. The highest BCUT2D eigenvalue weighted by atomic mass is 16.5. The van der Waals surface area contributed by atoms with Crippen molar-refractivity contribution in [2.75, 3.05) is 6.61 Å². The molecule has 5 heteroatoms. The first-order chi connectivity index (χ1) is 11.6. The summed E-state index contributed by atoms with van der Waals surface area (Å²) in [6, 6.07) is 16.1. The predicted molar refractivity (Wildman–Crippen MR) is 89.7 cm³/mol. The highest BCUT2D eigenvalue weighted by molar-refractivity contribution is 6.01. The quantitative estimate of drug-likeness (QED) is 0.627. The summed E-state index contributed by atoms with van der Waals surface area (Å²) < 4.78 is 4.97. The summed E-state index contributed by atoms with van der Waals surface area (Å²) in [6.07, 6.45) is -0.151. The predicted octanol–water partition coefficient (Wildman–Crippen LogP) is 2.62. The molecule has 0 bridgehead atoms. The van der Waals surface area contributed by atoms with E-state index < -0.39 is 17.9 Å². The SMILES string of the molecule is CCOC(=O)C(CC(=O)c1ccccc1)NC(=O)c1ccccc1. The highest BCUT2D eigenvalue weighted by Crippen LogP contribution is 2.08. The second-order valence-corrected chi connectivity index (χ2v) is 5.14. The highest BCUT2D eigenvalue weighted by Gasteiger charge is 2.26. The van der Waals surface area contributed by atoms with Crippen LogP contribution < -0.4 is 5.32 Å². The minimum atomic E-state index is -1.02. The number of hydrogen-bond donors (Lipinski definition) is 1. The second-order valence-electron chi connectivity index (χ2n) is 5.14. The molecule has 2 rings (SSSR count). The van der Waals surface area contributed by atoms with Crippen molar-refractivity contribution in [2.45, 2.75) is 19.4 Å². The van der Waals surface area contributed by atoms with Crippen LogP contribution in [0, 0.1) is 0 Å². The molecule has 0 radical (unpaired) electrons. The van der Waals surface area contributed by atoms with Crippen molar-refractivity contribution in [1.82, 2.24) is 5.32 Å². The van der Waals surface area contributed by atoms with E-state index in [2.05, 4.69) is 5.32 Å². The molecule has 24 heavy (non-hydrogen) atoms. The van der Waals surface area contributed by atoms with Crippen LogP contribution in [0.15, 0.2) is 60.7 Å². The van der Waals surface area contributed by atoms with Crippen LogP contribution in [0.5, 0.6) is 0 Å². The minimum Gasteiger partial charge on any atom is -0.464 e. The number of rotatable bonds is 7. The van der Waals surface area contributed by atoms with Gasteiger partial charge in [0, 0.05) is 17.5 Å². The topological polar surface area (TPSA) is 72.5 Å². The van der Waals surface area contributed by atoms with Crippen LogP contribution in [-0.2, 0) is 9.53 Å². The molecular formula is C19H19NO4. The van der Waals surface area contributed by atoms with Crippen molar-refractivity contribution in [2.24, 2.45) is 0 Å². The molecule has 0 heterocycles. The number of ketones is 1. The number of nitrogens with one attached hydrogen (secondary N) is 1. The van der Waals surface area contributed by atoms with Gasteiger partial charge in [-0.2, -0.15) is 0 Å². The van der Waals surface area contributed by atoms with Gasteiger partial charge in [0.2, 0.25) is 0 Å². The molecule has 2 aromatic rings. The van der Waals surface area contributed by atoms with E-state index in [1.165, 1.54) is 0 Å². The van der Waals surface area contributed by atoms with Gasteiger partial charge in [-0.05, 0) is 19.1 Å². The smallest absolute Gasteiger partial charge is 0.329 e. The zero-order valence-corrected chi connectivity index (χ0v) is 13.4. The summed E-state index contributed by atoms with van der Waals surface area (Å²) in [7, 11) is 0. The van der Waals surface area contributed by atoms with Crippen molar-refractivity contribution in [3.8, 4) is 0 Å². The average Bonchev–Trinajstić information content (AvgIpc) is 2.62. The molecule has 1 atom stereocenters. The first-order valence-electron chi connectivity index (χ1n) is 7.72. The standard InChI is InChI=1S/C19H19NO4/c1-2-24-19(23)16(13-17(21)14-9-5-3-6-10-14)20-18(22)15-11-7-4-8-12-15/h3-12,16H,2,13H2,1H3,(H,20,22). The lowest BCUT2D eigenvalue weighted by molar-refractivity contribution is -0.145. The Kier molecular flexibility index (Phi) is 6.25. The molecular weight excluding hydrogens is 306 g/mol. The van der Waals surface area contributed by atoms with Crippen LogP contribution in [-0.4, -0.2) is 30.3 Å². The first kappa shape index (κ1) is 17.4. The Morgan fingerprint density at radius 3 is 2.00 bits per heavy atom. The number of Topliss-reactive ketones (excluding diaryl/α,β-unsaturated/α-hetero) is 1. The molecule has 0 aliphatic heterocycles. The van der Waals surface area contributed by atoms with E-state index in [0.29, 0.717) is 11.1 Å². The van der Waals surface area contributed by atoms with E-state index in [1.807, 2.05) is 0 Å². The number of carbonyl (C=O) groups is 3. The monoisotopic (exact) mass is 325 g/mol. The maximum absolute atomic E-state index is 12.3. The summed E-state index contributed by atoms with van der Waals surface area (Å²) in [5.74, 6) is -1.28. The maximum atomic E-state index is 12.3. The Bertz CT molecular complexity index is 644. The van der Waals surface area contributed by atoms with E-state index in [-0.39, 0.29) is 18.8 Å².